The van der Waals surface area contributed by atoms with Crippen molar-refractivity contribution in [3.63, 3.8) is 0 Å². The van der Waals surface area contributed by atoms with E-state index in [1.807, 2.05) is 20.8 Å². The molecule has 0 fully saturated rings. The molecule has 0 saturated carbocycles. The Bertz CT molecular complexity index is 436. The number of nitrogens with zero attached hydrogens (tertiary/aromatic N) is 1. The number of phenolic OH excluding ortho intramolecular Hbond substituents is 1. The van der Waals surface area contributed by atoms with E-state index in [1.54, 1.807) is 6.07 Å². The van der Waals surface area contributed by atoms with Gasteiger partial charge in [0.2, 0.25) is 0 Å². The van der Waals surface area contributed by atoms with Crippen molar-refractivity contribution < 1.29 is 10.3 Å². The topological polar surface area (TPSA) is 52.8 Å². The second kappa shape index (κ2) is 4.52. The molecule has 0 heterocycles. The number of oxime groups is 1. The summed E-state index contributed by atoms with van der Waals surface area (Å²) in [7, 11) is 0. The summed E-state index contributed by atoms with van der Waals surface area (Å²) in [5.74, 6) is 0.0281. The Kier molecular flexibility index (Phi) is 3.71. The molecule has 3 nitrogen and oxygen atoms in total. The van der Waals surface area contributed by atoms with Gasteiger partial charge in [-0.1, -0.05) is 49.1 Å². The van der Waals surface area contributed by atoms with Gasteiger partial charge in [0.25, 0.3) is 0 Å². The van der Waals surface area contributed by atoms with Crippen molar-refractivity contribution in [3.8, 4) is 5.75 Å². The number of halogens is 2. The zero-order chi connectivity index (χ0) is 12.5. The highest BCUT2D eigenvalue weighted by Gasteiger charge is 2.21. The molecule has 1 aromatic carbocycles. The van der Waals surface area contributed by atoms with E-state index < -0.39 is 0 Å². The zero-order valence-electron chi connectivity index (χ0n) is 9.25. The van der Waals surface area contributed by atoms with Crippen LogP contribution in [-0.2, 0) is 5.41 Å². The lowest BCUT2D eigenvalue weighted by Gasteiger charge is -2.21. The van der Waals surface area contributed by atoms with Gasteiger partial charge >= 0.3 is 0 Å². The molecule has 0 aromatic heterocycles. The van der Waals surface area contributed by atoms with Gasteiger partial charge in [-0.3, -0.25) is 0 Å². The summed E-state index contributed by atoms with van der Waals surface area (Å²) < 4.78 is 0. The van der Waals surface area contributed by atoms with Crippen LogP contribution in [0.5, 0.6) is 5.75 Å². The van der Waals surface area contributed by atoms with Gasteiger partial charge in [-0.2, -0.15) is 0 Å². The highest BCUT2D eigenvalue weighted by molar-refractivity contribution is 6.69. The first-order chi connectivity index (χ1) is 7.27. The summed E-state index contributed by atoms with van der Waals surface area (Å²) in [6.07, 6.45) is 0. The Morgan fingerprint density at radius 1 is 1.31 bits per heavy atom. The lowest BCUT2D eigenvalue weighted by atomic mass is 9.85. The van der Waals surface area contributed by atoms with Crippen molar-refractivity contribution in [3.05, 3.63) is 28.3 Å². The van der Waals surface area contributed by atoms with E-state index >= 15 is 0 Å². The first-order valence-electron chi connectivity index (χ1n) is 4.68. The molecule has 0 amide bonds. The molecule has 0 bridgehead atoms. The van der Waals surface area contributed by atoms with Crippen LogP contribution >= 0.6 is 23.2 Å². The molecular formula is C11H13Cl2NO2. The van der Waals surface area contributed by atoms with E-state index in [2.05, 4.69) is 5.16 Å². The van der Waals surface area contributed by atoms with Crippen LogP contribution in [0.25, 0.3) is 0 Å². The van der Waals surface area contributed by atoms with E-state index in [9.17, 15) is 5.11 Å². The van der Waals surface area contributed by atoms with Crippen LogP contribution in [0.1, 0.15) is 31.9 Å². The fourth-order valence-corrected chi connectivity index (χ4v) is 1.68. The molecular weight excluding hydrogens is 249 g/mol. The van der Waals surface area contributed by atoms with Crippen molar-refractivity contribution in [2.45, 2.75) is 26.2 Å². The lowest BCUT2D eigenvalue weighted by molar-refractivity contribution is 0.321. The summed E-state index contributed by atoms with van der Waals surface area (Å²) >= 11 is 11.6. The molecule has 1 aromatic rings. The molecule has 5 heteroatoms. The van der Waals surface area contributed by atoms with Gasteiger partial charge < -0.3 is 10.3 Å². The molecule has 0 unspecified atom stereocenters. The van der Waals surface area contributed by atoms with Crippen LogP contribution in [0.2, 0.25) is 5.02 Å². The summed E-state index contributed by atoms with van der Waals surface area (Å²) in [6, 6.07) is 3.11. The predicted molar refractivity (Wildman–Crippen MR) is 66.0 cm³/mol. The maximum absolute atomic E-state index is 9.83. The predicted octanol–water partition coefficient (Wildman–Crippen LogP) is 3.72. The third-order valence-corrected chi connectivity index (χ3v) is 2.78. The largest absolute Gasteiger partial charge is 0.506 e. The van der Waals surface area contributed by atoms with Gasteiger partial charge in [0.1, 0.15) is 5.75 Å². The quantitative estimate of drug-likeness (QED) is 0.460. The number of hydrogen-bond donors (Lipinski definition) is 2. The van der Waals surface area contributed by atoms with E-state index in [4.69, 9.17) is 28.4 Å². The smallest absolute Gasteiger partial charge is 0.175 e. The second-order valence-corrected chi connectivity index (χ2v) is 5.26. The van der Waals surface area contributed by atoms with E-state index in [1.165, 1.54) is 6.07 Å². The number of hydrogen-bond acceptors (Lipinski definition) is 3. The lowest BCUT2D eigenvalue weighted by Crippen LogP contribution is -2.12. The summed E-state index contributed by atoms with van der Waals surface area (Å²) in [5, 5.41) is 21.4. The summed E-state index contributed by atoms with van der Waals surface area (Å²) in [6.45, 7) is 5.81. The molecule has 0 aliphatic rings. The van der Waals surface area contributed by atoms with Crippen molar-refractivity contribution in [2.75, 3.05) is 0 Å². The molecule has 2 N–H and O–H groups in total. The van der Waals surface area contributed by atoms with Gasteiger partial charge in [0.15, 0.2) is 5.17 Å². The van der Waals surface area contributed by atoms with E-state index in [0.29, 0.717) is 11.1 Å². The normalized spacial score (nSPS) is 12.9. The van der Waals surface area contributed by atoms with Crippen LogP contribution in [0.4, 0.5) is 0 Å². The Labute approximate surface area is 104 Å². The third kappa shape index (κ3) is 2.60. The minimum absolute atomic E-state index is 0.0281. The van der Waals surface area contributed by atoms with Crippen molar-refractivity contribution in [1.29, 1.82) is 0 Å². The second-order valence-electron chi connectivity index (χ2n) is 4.50. The van der Waals surface area contributed by atoms with Crippen LogP contribution in [0.3, 0.4) is 0 Å². The number of rotatable bonds is 1. The average Bonchev–Trinajstić information content (AvgIpc) is 2.18. The highest BCUT2D eigenvalue weighted by atomic mass is 35.5. The Hall–Kier alpha value is -0.930. The molecule has 0 aliphatic heterocycles. The summed E-state index contributed by atoms with van der Waals surface area (Å²) in [5.41, 5.74) is 0.838. The molecule has 0 saturated heterocycles. The first-order valence-corrected chi connectivity index (χ1v) is 5.44. The highest BCUT2D eigenvalue weighted by Crippen LogP contribution is 2.37. The molecule has 16 heavy (non-hydrogen) atoms. The van der Waals surface area contributed by atoms with Crippen molar-refractivity contribution in [2.24, 2.45) is 5.16 Å². The molecule has 0 aliphatic carbocycles. The van der Waals surface area contributed by atoms with Crippen LogP contribution in [0.15, 0.2) is 17.3 Å². The molecule has 0 atom stereocenters. The molecule has 88 valence electrons. The summed E-state index contributed by atoms with van der Waals surface area (Å²) in [4.78, 5) is 0. The fourth-order valence-electron chi connectivity index (χ4n) is 1.35. The minimum atomic E-state index is -0.281. The Morgan fingerprint density at radius 3 is 2.31 bits per heavy atom. The number of aromatic hydroxyl groups is 1. The van der Waals surface area contributed by atoms with Gasteiger partial charge in [-0.05, 0) is 17.5 Å². The van der Waals surface area contributed by atoms with Crippen LogP contribution in [0, 0.1) is 0 Å². The van der Waals surface area contributed by atoms with Gasteiger partial charge in [0.05, 0.1) is 5.02 Å². The van der Waals surface area contributed by atoms with Crippen LogP contribution < -0.4 is 0 Å². The monoisotopic (exact) mass is 261 g/mol. The maximum atomic E-state index is 9.83. The van der Waals surface area contributed by atoms with Crippen molar-refractivity contribution in [1.82, 2.24) is 0 Å². The minimum Gasteiger partial charge on any atom is -0.506 e. The fraction of sp³-hybridized carbons (Fsp3) is 0.364. The third-order valence-electron chi connectivity index (χ3n) is 2.20. The SMILES string of the molecule is CC(C)(C)c1cc(/C(Cl)=N\O)cc(Cl)c1O. The molecule has 0 spiro atoms. The number of benzene rings is 1. The van der Waals surface area contributed by atoms with Crippen molar-refractivity contribution >= 4 is 28.4 Å². The first kappa shape index (κ1) is 13.1. The van der Waals surface area contributed by atoms with E-state index in [-0.39, 0.29) is 21.4 Å². The Balaban J connectivity index is 3.46. The average molecular weight is 262 g/mol. The van der Waals surface area contributed by atoms with E-state index in [0.717, 1.165) is 0 Å². The van der Waals surface area contributed by atoms with Gasteiger partial charge in [-0.15, -0.1) is 0 Å². The molecule has 0 radical (unpaired) electrons. The number of phenols is 1. The van der Waals surface area contributed by atoms with Gasteiger partial charge in [0, 0.05) is 11.1 Å². The molecule has 1 rings (SSSR count). The zero-order valence-corrected chi connectivity index (χ0v) is 10.8. The van der Waals surface area contributed by atoms with Gasteiger partial charge in [-0.25, -0.2) is 0 Å². The maximum Gasteiger partial charge on any atom is 0.175 e. The standard InChI is InChI=1S/C11H13Cl2NO2/c1-11(2,3)7-4-6(10(13)14-16)5-8(12)9(7)15/h4-5,15-16H,1-3H3/b14-10+. The Morgan fingerprint density at radius 2 is 1.88 bits per heavy atom. The van der Waals surface area contributed by atoms with Crippen LogP contribution in [-0.4, -0.2) is 15.5 Å².